The minimum absolute atomic E-state index is 0.0850. The number of hydrogen-bond acceptors (Lipinski definition) is 4. The van der Waals surface area contributed by atoms with Crippen LogP contribution in [-0.4, -0.2) is 19.1 Å². The molecule has 0 bridgehead atoms. The molecule has 0 spiro atoms. The van der Waals surface area contributed by atoms with E-state index in [2.05, 4.69) is 10.6 Å². The van der Waals surface area contributed by atoms with Gasteiger partial charge in [0.2, 0.25) is 0 Å². The summed E-state index contributed by atoms with van der Waals surface area (Å²) < 4.78 is 5.12. The zero-order chi connectivity index (χ0) is 16.4. The summed E-state index contributed by atoms with van der Waals surface area (Å²) >= 11 is 6.11. The highest BCUT2D eigenvalue weighted by Gasteiger charge is 2.23. The number of carbonyl (C=O) groups is 1. The number of ether oxygens (including phenoxy) is 1. The largest absolute Gasteiger partial charge is 0.495 e. The van der Waals surface area contributed by atoms with Gasteiger partial charge in [-0.1, -0.05) is 11.6 Å². The highest BCUT2D eigenvalue weighted by atomic mass is 35.5. The molecule has 5 nitrogen and oxygen atoms in total. The number of nitrogens with two attached hydrogens (primary N) is 1. The maximum absolute atomic E-state index is 12.0. The van der Waals surface area contributed by atoms with E-state index in [0.29, 0.717) is 33.8 Å². The van der Waals surface area contributed by atoms with Crippen molar-refractivity contribution >= 4 is 34.6 Å². The number of anilines is 3. The van der Waals surface area contributed by atoms with Gasteiger partial charge in [0.25, 0.3) is 5.91 Å². The Hall–Kier alpha value is -2.40. The number of halogens is 1. The van der Waals surface area contributed by atoms with Crippen LogP contribution in [0.4, 0.5) is 17.1 Å². The Balaban J connectivity index is 1.75. The number of nitrogens with one attached hydrogen (secondary N) is 2. The summed E-state index contributed by atoms with van der Waals surface area (Å²) in [6, 6.07) is 10.9. The predicted molar refractivity (Wildman–Crippen MR) is 92.6 cm³/mol. The van der Waals surface area contributed by atoms with E-state index in [1.165, 1.54) is 0 Å². The van der Waals surface area contributed by atoms with Gasteiger partial charge in [0.1, 0.15) is 5.75 Å². The van der Waals surface area contributed by atoms with Crippen LogP contribution in [-0.2, 0) is 0 Å². The molecule has 1 aliphatic rings. The van der Waals surface area contributed by atoms with Crippen molar-refractivity contribution in [3.8, 4) is 5.75 Å². The summed E-state index contributed by atoms with van der Waals surface area (Å²) in [5.41, 5.74) is 8.62. The van der Waals surface area contributed by atoms with Gasteiger partial charge < -0.3 is 21.1 Å². The Labute approximate surface area is 139 Å². The summed E-state index contributed by atoms with van der Waals surface area (Å²) in [6.07, 6.45) is 2.11. The van der Waals surface area contributed by atoms with Crippen molar-refractivity contribution < 1.29 is 9.53 Å². The summed E-state index contributed by atoms with van der Waals surface area (Å²) in [7, 11) is 1.57. The molecule has 1 aliphatic carbocycles. The molecular weight excluding hydrogens is 314 g/mol. The highest BCUT2D eigenvalue weighted by molar-refractivity contribution is 6.32. The minimum Gasteiger partial charge on any atom is -0.495 e. The second-order valence-corrected chi connectivity index (χ2v) is 5.93. The highest BCUT2D eigenvalue weighted by Crippen LogP contribution is 2.30. The number of hydrogen-bond donors (Lipinski definition) is 3. The van der Waals surface area contributed by atoms with Gasteiger partial charge in [-0.3, -0.25) is 4.79 Å². The van der Waals surface area contributed by atoms with Crippen molar-refractivity contribution in [1.82, 2.24) is 5.32 Å². The van der Waals surface area contributed by atoms with Crippen LogP contribution in [0.5, 0.6) is 5.75 Å². The standard InChI is InChI=1S/C17H18ClN3O2/c1-23-16-7-5-12(9-13(16)18)20-15-6-2-10(8-14(15)19)17(22)21-11-3-4-11/h2,5-9,11,20H,3-4,19H2,1H3,(H,21,22). The lowest BCUT2D eigenvalue weighted by molar-refractivity contribution is 0.0951. The maximum Gasteiger partial charge on any atom is 0.251 e. The first-order valence-corrected chi connectivity index (χ1v) is 7.75. The zero-order valence-electron chi connectivity index (χ0n) is 12.7. The minimum atomic E-state index is -0.0850. The Kier molecular flexibility index (Phi) is 4.30. The molecule has 120 valence electrons. The Morgan fingerprint density at radius 2 is 2.04 bits per heavy atom. The molecule has 0 unspecified atom stereocenters. The van der Waals surface area contributed by atoms with Gasteiger partial charge in [-0.05, 0) is 49.2 Å². The van der Waals surface area contributed by atoms with Crippen molar-refractivity contribution in [1.29, 1.82) is 0 Å². The quantitative estimate of drug-likeness (QED) is 0.732. The lowest BCUT2D eigenvalue weighted by Gasteiger charge is -2.12. The van der Waals surface area contributed by atoms with E-state index in [0.717, 1.165) is 18.5 Å². The molecule has 1 saturated carbocycles. The molecule has 2 aromatic rings. The number of nitrogen functional groups attached to an aromatic ring is 1. The molecule has 1 fully saturated rings. The average molecular weight is 332 g/mol. The van der Waals surface area contributed by atoms with Crippen molar-refractivity contribution in [3.05, 3.63) is 47.0 Å². The summed E-state index contributed by atoms with van der Waals surface area (Å²) in [5, 5.41) is 6.64. The number of amides is 1. The summed E-state index contributed by atoms with van der Waals surface area (Å²) in [4.78, 5) is 12.0. The molecule has 1 amide bonds. The fraction of sp³-hybridized carbons (Fsp3) is 0.235. The molecule has 4 N–H and O–H groups in total. The van der Waals surface area contributed by atoms with E-state index >= 15 is 0 Å². The third-order valence-corrected chi connectivity index (χ3v) is 3.95. The molecule has 0 aliphatic heterocycles. The molecule has 2 aromatic carbocycles. The van der Waals surface area contributed by atoms with Gasteiger partial charge >= 0.3 is 0 Å². The Morgan fingerprint density at radius 1 is 1.26 bits per heavy atom. The van der Waals surface area contributed by atoms with Crippen LogP contribution in [0.2, 0.25) is 5.02 Å². The number of benzene rings is 2. The molecule has 0 saturated heterocycles. The smallest absolute Gasteiger partial charge is 0.251 e. The third-order valence-electron chi connectivity index (χ3n) is 3.66. The van der Waals surface area contributed by atoms with Crippen LogP contribution in [0.15, 0.2) is 36.4 Å². The predicted octanol–water partition coefficient (Wildman–Crippen LogP) is 3.57. The lowest BCUT2D eigenvalue weighted by Crippen LogP contribution is -2.25. The first-order valence-electron chi connectivity index (χ1n) is 7.38. The number of methoxy groups -OCH3 is 1. The van der Waals surface area contributed by atoms with Crippen LogP contribution >= 0.6 is 11.6 Å². The lowest BCUT2D eigenvalue weighted by atomic mass is 10.1. The summed E-state index contributed by atoms with van der Waals surface area (Å²) in [5.74, 6) is 0.524. The molecule has 0 heterocycles. The van der Waals surface area contributed by atoms with Gasteiger partial charge in [0.05, 0.1) is 23.5 Å². The Morgan fingerprint density at radius 3 is 2.65 bits per heavy atom. The van der Waals surface area contributed by atoms with Crippen LogP contribution < -0.4 is 21.1 Å². The van der Waals surface area contributed by atoms with Crippen molar-refractivity contribution in [3.63, 3.8) is 0 Å². The van der Waals surface area contributed by atoms with Crippen LogP contribution in [0.25, 0.3) is 0 Å². The van der Waals surface area contributed by atoms with Gasteiger partial charge in [0, 0.05) is 17.3 Å². The van der Waals surface area contributed by atoms with Crippen molar-refractivity contribution in [2.24, 2.45) is 0 Å². The van der Waals surface area contributed by atoms with E-state index < -0.39 is 0 Å². The van der Waals surface area contributed by atoms with Gasteiger partial charge in [-0.25, -0.2) is 0 Å². The van der Waals surface area contributed by atoms with Crippen LogP contribution in [0, 0.1) is 0 Å². The van der Waals surface area contributed by atoms with E-state index in [1.807, 2.05) is 6.07 Å². The van der Waals surface area contributed by atoms with Gasteiger partial charge in [-0.15, -0.1) is 0 Å². The van der Waals surface area contributed by atoms with Gasteiger partial charge in [0.15, 0.2) is 0 Å². The van der Waals surface area contributed by atoms with Crippen molar-refractivity contribution in [2.45, 2.75) is 18.9 Å². The topological polar surface area (TPSA) is 76.4 Å². The van der Waals surface area contributed by atoms with Crippen LogP contribution in [0.3, 0.4) is 0 Å². The van der Waals surface area contributed by atoms with Crippen LogP contribution in [0.1, 0.15) is 23.2 Å². The molecule has 0 radical (unpaired) electrons. The number of carbonyl (C=O) groups excluding carboxylic acids is 1. The van der Waals surface area contributed by atoms with Gasteiger partial charge in [-0.2, -0.15) is 0 Å². The van der Waals surface area contributed by atoms with Crippen molar-refractivity contribution in [2.75, 3.05) is 18.2 Å². The fourth-order valence-corrected chi connectivity index (χ4v) is 2.47. The maximum atomic E-state index is 12.0. The number of rotatable bonds is 5. The first kappa shape index (κ1) is 15.5. The molecule has 6 heteroatoms. The second-order valence-electron chi connectivity index (χ2n) is 5.52. The molecule has 0 atom stereocenters. The normalized spacial score (nSPS) is 13.5. The van der Waals surface area contributed by atoms with E-state index in [4.69, 9.17) is 22.1 Å². The molecule has 3 rings (SSSR count). The van der Waals surface area contributed by atoms with E-state index in [-0.39, 0.29) is 5.91 Å². The second kappa shape index (κ2) is 6.38. The monoisotopic (exact) mass is 331 g/mol. The fourth-order valence-electron chi connectivity index (χ4n) is 2.21. The average Bonchev–Trinajstić information content (AvgIpc) is 3.33. The molecule has 23 heavy (non-hydrogen) atoms. The Bertz CT molecular complexity index is 745. The molecular formula is C17H18ClN3O2. The SMILES string of the molecule is COc1ccc(Nc2ccc(C(=O)NC3CC3)cc2N)cc1Cl. The summed E-state index contributed by atoms with van der Waals surface area (Å²) in [6.45, 7) is 0. The van der Waals surface area contributed by atoms with E-state index in [1.54, 1.807) is 37.4 Å². The third kappa shape index (κ3) is 3.68. The zero-order valence-corrected chi connectivity index (χ0v) is 13.5. The first-order chi connectivity index (χ1) is 11.1. The van der Waals surface area contributed by atoms with E-state index in [9.17, 15) is 4.79 Å². The molecule has 0 aromatic heterocycles.